The van der Waals surface area contributed by atoms with Crippen molar-refractivity contribution in [2.75, 3.05) is 0 Å². The molecule has 1 aliphatic carbocycles. The molecule has 3 nitrogen and oxygen atoms in total. The summed E-state index contributed by atoms with van der Waals surface area (Å²) in [4.78, 5) is 4.78. The minimum atomic E-state index is -0.0731. The number of nitrogens with zero attached hydrogens (tertiary/aromatic N) is 2. The lowest BCUT2D eigenvalue weighted by molar-refractivity contribution is 0.287. The highest BCUT2D eigenvalue weighted by molar-refractivity contribution is 6.31. The minimum Gasteiger partial charge on any atom is -0.328 e. The summed E-state index contributed by atoms with van der Waals surface area (Å²) < 4.78 is 2.27. The van der Waals surface area contributed by atoms with Crippen LogP contribution in [0.4, 0.5) is 0 Å². The third-order valence-electron chi connectivity index (χ3n) is 4.47. The molecule has 0 atom stereocenters. The predicted molar refractivity (Wildman–Crippen MR) is 84.1 cm³/mol. The monoisotopic (exact) mass is 291 g/mol. The Morgan fingerprint density at radius 3 is 2.75 bits per heavy atom. The van der Waals surface area contributed by atoms with E-state index in [1.165, 1.54) is 19.3 Å². The molecule has 3 rings (SSSR count). The molecule has 1 fully saturated rings. The SMILES string of the molecule is CCn1c(CC2(N)CCCCC2)nc2cc(Cl)ccc21. The molecule has 1 saturated carbocycles. The number of aryl methyl sites for hydroxylation is 1. The molecule has 1 aromatic carbocycles. The number of hydrogen-bond donors (Lipinski definition) is 1. The lowest BCUT2D eigenvalue weighted by Crippen LogP contribution is -2.44. The van der Waals surface area contributed by atoms with E-state index < -0.39 is 0 Å². The number of nitrogens with two attached hydrogens (primary N) is 1. The third kappa shape index (κ3) is 2.57. The maximum atomic E-state index is 6.59. The van der Waals surface area contributed by atoms with Gasteiger partial charge in [0.15, 0.2) is 0 Å². The van der Waals surface area contributed by atoms with E-state index in [-0.39, 0.29) is 5.54 Å². The maximum absolute atomic E-state index is 6.59. The normalized spacial score (nSPS) is 18.6. The summed E-state index contributed by atoms with van der Waals surface area (Å²) in [6, 6.07) is 5.93. The van der Waals surface area contributed by atoms with Crippen molar-refractivity contribution in [3.8, 4) is 0 Å². The zero-order valence-corrected chi connectivity index (χ0v) is 12.8. The minimum absolute atomic E-state index is 0.0731. The molecule has 4 heteroatoms. The van der Waals surface area contributed by atoms with Gasteiger partial charge >= 0.3 is 0 Å². The Kier molecular flexibility index (Phi) is 3.74. The number of benzene rings is 1. The summed E-state index contributed by atoms with van der Waals surface area (Å²) in [7, 11) is 0. The fraction of sp³-hybridized carbons (Fsp3) is 0.562. The Bertz CT molecular complexity index is 611. The van der Waals surface area contributed by atoms with Crippen LogP contribution in [-0.2, 0) is 13.0 Å². The topological polar surface area (TPSA) is 43.8 Å². The lowest BCUT2D eigenvalue weighted by atomic mass is 9.80. The van der Waals surface area contributed by atoms with Gasteiger partial charge in [-0.1, -0.05) is 30.9 Å². The molecule has 1 heterocycles. The van der Waals surface area contributed by atoms with Gasteiger partial charge in [-0.2, -0.15) is 0 Å². The molecule has 108 valence electrons. The van der Waals surface area contributed by atoms with Crippen LogP contribution < -0.4 is 5.73 Å². The molecule has 1 aromatic heterocycles. The summed E-state index contributed by atoms with van der Waals surface area (Å²) >= 11 is 6.07. The van der Waals surface area contributed by atoms with Gasteiger partial charge in [-0.3, -0.25) is 0 Å². The molecular formula is C16H22ClN3. The van der Waals surface area contributed by atoms with E-state index in [4.69, 9.17) is 22.3 Å². The largest absolute Gasteiger partial charge is 0.328 e. The number of halogens is 1. The van der Waals surface area contributed by atoms with Gasteiger partial charge in [0.2, 0.25) is 0 Å². The average molecular weight is 292 g/mol. The van der Waals surface area contributed by atoms with Crippen molar-refractivity contribution in [3.63, 3.8) is 0 Å². The highest BCUT2D eigenvalue weighted by Crippen LogP contribution is 2.30. The smallest absolute Gasteiger partial charge is 0.111 e. The van der Waals surface area contributed by atoms with E-state index in [0.29, 0.717) is 0 Å². The van der Waals surface area contributed by atoms with Crippen molar-refractivity contribution in [1.29, 1.82) is 0 Å². The van der Waals surface area contributed by atoms with E-state index in [0.717, 1.165) is 47.7 Å². The first-order chi connectivity index (χ1) is 9.61. The highest BCUT2D eigenvalue weighted by atomic mass is 35.5. The molecule has 0 amide bonds. The van der Waals surface area contributed by atoms with Crippen molar-refractivity contribution in [2.45, 2.75) is 57.5 Å². The van der Waals surface area contributed by atoms with E-state index in [1.807, 2.05) is 12.1 Å². The van der Waals surface area contributed by atoms with Crippen molar-refractivity contribution >= 4 is 22.6 Å². The lowest BCUT2D eigenvalue weighted by Gasteiger charge is -2.33. The quantitative estimate of drug-likeness (QED) is 0.931. The van der Waals surface area contributed by atoms with Gasteiger partial charge in [0, 0.05) is 23.5 Å². The first-order valence-electron chi connectivity index (χ1n) is 7.55. The van der Waals surface area contributed by atoms with Gasteiger partial charge in [-0.15, -0.1) is 0 Å². The number of fused-ring (bicyclic) bond motifs is 1. The Morgan fingerprint density at radius 2 is 2.05 bits per heavy atom. The molecule has 0 radical (unpaired) electrons. The van der Waals surface area contributed by atoms with Crippen LogP contribution in [0, 0.1) is 0 Å². The van der Waals surface area contributed by atoms with Gasteiger partial charge in [-0.25, -0.2) is 4.98 Å². The molecule has 0 aliphatic heterocycles. The number of rotatable bonds is 3. The van der Waals surface area contributed by atoms with Crippen LogP contribution in [0.1, 0.15) is 44.9 Å². The first-order valence-corrected chi connectivity index (χ1v) is 7.93. The molecular weight excluding hydrogens is 270 g/mol. The van der Waals surface area contributed by atoms with E-state index in [9.17, 15) is 0 Å². The van der Waals surface area contributed by atoms with E-state index in [2.05, 4.69) is 17.6 Å². The second-order valence-electron chi connectivity index (χ2n) is 6.01. The standard InChI is InChI=1S/C16H22ClN3/c1-2-20-14-7-6-12(17)10-13(14)19-15(20)11-16(18)8-4-3-5-9-16/h6-7,10H,2-5,8-9,11,18H2,1H3. The van der Waals surface area contributed by atoms with Gasteiger partial charge < -0.3 is 10.3 Å². The molecule has 1 aliphatic rings. The molecule has 20 heavy (non-hydrogen) atoms. The van der Waals surface area contributed by atoms with Crippen molar-refractivity contribution < 1.29 is 0 Å². The summed E-state index contributed by atoms with van der Waals surface area (Å²) in [5, 5.41) is 0.741. The molecule has 0 unspecified atom stereocenters. The molecule has 0 bridgehead atoms. The van der Waals surface area contributed by atoms with E-state index in [1.54, 1.807) is 0 Å². The van der Waals surface area contributed by atoms with Gasteiger partial charge in [0.25, 0.3) is 0 Å². The summed E-state index contributed by atoms with van der Waals surface area (Å²) in [5.41, 5.74) is 8.65. The molecule has 2 aromatic rings. The van der Waals surface area contributed by atoms with Crippen LogP contribution in [0.25, 0.3) is 11.0 Å². The number of hydrogen-bond acceptors (Lipinski definition) is 2. The Balaban J connectivity index is 1.98. The van der Waals surface area contributed by atoms with E-state index >= 15 is 0 Å². The number of imidazole rings is 1. The first kappa shape index (κ1) is 13.9. The van der Waals surface area contributed by atoms with Crippen LogP contribution in [0.5, 0.6) is 0 Å². The Labute approximate surface area is 125 Å². The van der Waals surface area contributed by atoms with Crippen LogP contribution in [-0.4, -0.2) is 15.1 Å². The Morgan fingerprint density at radius 1 is 1.30 bits per heavy atom. The predicted octanol–water partition coefficient (Wildman–Crippen LogP) is 3.91. The van der Waals surface area contributed by atoms with Crippen LogP contribution in [0.2, 0.25) is 5.02 Å². The summed E-state index contributed by atoms with van der Waals surface area (Å²) in [6.07, 6.45) is 6.90. The zero-order chi connectivity index (χ0) is 14.2. The van der Waals surface area contributed by atoms with Crippen molar-refractivity contribution in [3.05, 3.63) is 29.0 Å². The fourth-order valence-electron chi connectivity index (χ4n) is 3.39. The average Bonchev–Trinajstić information content (AvgIpc) is 2.74. The highest BCUT2D eigenvalue weighted by Gasteiger charge is 2.29. The van der Waals surface area contributed by atoms with Crippen LogP contribution in [0.3, 0.4) is 0 Å². The van der Waals surface area contributed by atoms with Crippen molar-refractivity contribution in [1.82, 2.24) is 9.55 Å². The van der Waals surface area contributed by atoms with Gasteiger partial charge in [0.1, 0.15) is 5.82 Å². The second-order valence-corrected chi connectivity index (χ2v) is 6.44. The van der Waals surface area contributed by atoms with Crippen molar-refractivity contribution in [2.24, 2.45) is 5.73 Å². The van der Waals surface area contributed by atoms with Crippen LogP contribution in [0.15, 0.2) is 18.2 Å². The Hall–Kier alpha value is -1.06. The summed E-state index contributed by atoms with van der Waals surface area (Å²) in [5.74, 6) is 1.11. The third-order valence-corrected chi connectivity index (χ3v) is 4.70. The molecule has 2 N–H and O–H groups in total. The summed E-state index contributed by atoms with van der Waals surface area (Å²) in [6.45, 7) is 3.08. The zero-order valence-electron chi connectivity index (χ0n) is 12.0. The molecule has 0 saturated heterocycles. The van der Waals surface area contributed by atoms with Crippen LogP contribution >= 0.6 is 11.6 Å². The number of aromatic nitrogens is 2. The van der Waals surface area contributed by atoms with Gasteiger partial charge in [-0.05, 0) is 38.0 Å². The van der Waals surface area contributed by atoms with Gasteiger partial charge in [0.05, 0.1) is 11.0 Å². The maximum Gasteiger partial charge on any atom is 0.111 e. The molecule has 0 spiro atoms. The second kappa shape index (κ2) is 5.38. The fourth-order valence-corrected chi connectivity index (χ4v) is 3.55.